The van der Waals surface area contributed by atoms with Gasteiger partial charge in [-0.15, -0.1) is 0 Å². The van der Waals surface area contributed by atoms with E-state index in [-0.39, 0.29) is 0 Å². The van der Waals surface area contributed by atoms with Crippen molar-refractivity contribution in [1.29, 1.82) is 0 Å². The SMILES string of the molecule is Cc1ccc(OCC2CCOC2)c(N)c1. The fraction of sp³-hybridized carbons (Fsp3) is 0.500. The van der Waals surface area contributed by atoms with Crippen LogP contribution >= 0.6 is 0 Å². The smallest absolute Gasteiger partial charge is 0.142 e. The number of ether oxygens (including phenoxy) is 2. The maximum absolute atomic E-state index is 5.85. The molecule has 15 heavy (non-hydrogen) atoms. The number of aryl methyl sites for hydroxylation is 1. The van der Waals surface area contributed by atoms with Crippen molar-refractivity contribution in [2.75, 3.05) is 25.6 Å². The molecule has 2 rings (SSSR count). The molecule has 1 aromatic rings. The van der Waals surface area contributed by atoms with Crippen LogP contribution in [0.2, 0.25) is 0 Å². The van der Waals surface area contributed by atoms with E-state index in [0.717, 1.165) is 30.9 Å². The molecule has 1 unspecified atom stereocenters. The molecule has 1 aromatic carbocycles. The van der Waals surface area contributed by atoms with E-state index in [9.17, 15) is 0 Å². The Hall–Kier alpha value is -1.22. The number of nitrogens with two attached hydrogens (primary N) is 1. The van der Waals surface area contributed by atoms with Crippen LogP contribution in [0.15, 0.2) is 18.2 Å². The molecule has 1 aliphatic rings. The van der Waals surface area contributed by atoms with E-state index in [4.69, 9.17) is 15.2 Å². The van der Waals surface area contributed by atoms with Gasteiger partial charge in [0.25, 0.3) is 0 Å². The van der Waals surface area contributed by atoms with Gasteiger partial charge in [0.05, 0.1) is 18.9 Å². The molecule has 0 spiro atoms. The Morgan fingerprint density at radius 1 is 1.53 bits per heavy atom. The summed E-state index contributed by atoms with van der Waals surface area (Å²) in [7, 11) is 0. The molecule has 82 valence electrons. The maximum Gasteiger partial charge on any atom is 0.142 e. The highest BCUT2D eigenvalue weighted by atomic mass is 16.5. The van der Waals surface area contributed by atoms with Gasteiger partial charge in [0.2, 0.25) is 0 Å². The fourth-order valence-corrected chi connectivity index (χ4v) is 1.72. The Labute approximate surface area is 90.2 Å². The summed E-state index contributed by atoms with van der Waals surface area (Å²) in [6.45, 7) is 4.39. The molecule has 0 saturated carbocycles. The van der Waals surface area contributed by atoms with Crippen LogP contribution in [0.25, 0.3) is 0 Å². The molecule has 3 nitrogen and oxygen atoms in total. The Morgan fingerprint density at radius 3 is 3.07 bits per heavy atom. The van der Waals surface area contributed by atoms with Crippen molar-refractivity contribution in [3.8, 4) is 5.75 Å². The highest BCUT2D eigenvalue weighted by molar-refractivity contribution is 5.53. The molecule has 1 atom stereocenters. The van der Waals surface area contributed by atoms with Crippen LogP contribution in [0.3, 0.4) is 0 Å². The average Bonchev–Trinajstić information content (AvgIpc) is 2.69. The van der Waals surface area contributed by atoms with Gasteiger partial charge in [0, 0.05) is 12.5 Å². The van der Waals surface area contributed by atoms with Crippen molar-refractivity contribution in [3.05, 3.63) is 23.8 Å². The van der Waals surface area contributed by atoms with Gasteiger partial charge in [0.15, 0.2) is 0 Å². The summed E-state index contributed by atoms with van der Waals surface area (Å²) in [5.41, 5.74) is 7.72. The summed E-state index contributed by atoms with van der Waals surface area (Å²) in [6, 6.07) is 5.87. The van der Waals surface area contributed by atoms with Crippen LogP contribution in [-0.4, -0.2) is 19.8 Å². The van der Waals surface area contributed by atoms with E-state index in [1.807, 2.05) is 25.1 Å². The van der Waals surface area contributed by atoms with E-state index in [0.29, 0.717) is 18.2 Å². The number of benzene rings is 1. The fourth-order valence-electron chi connectivity index (χ4n) is 1.72. The number of anilines is 1. The largest absolute Gasteiger partial charge is 0.491 e. The van der Waals surface area contributed by atoms with E-state index in [1.54, 1.807) is 0 Å². The minimum absolute atomic E-state index is 0.519. The van der Waals surface area contributed by atoms with Gasteiger partial charge in [-0.2, -0.15) is 0 Å². The number of rotatable bonds is 3. The topological polar surface area (TPSA) is 44.5 Å². The monoisotopic (exact) mass is 207 g/mol. The highest BCUT2D eigenvalue weighted by Gasteiger charge is 2.16. The van der Waals surface area contributed by atoms with Gasteiger partial charge in [0.1, 0.15) is 5.75 Å². The van der Waals surface area contributed by atoms with Gasteiger partial charge < -0.3 is 15.2 Å². The zero-order valence-electron chi connectivity index (χ0n) is 9.03. The zero-order chi connectivity index (χ0) is 10.7. The second-order valence-corrected chi connectivity index (χ2v) is 4.08. The summed E-state index contributed by atoms with van der Waals surface area (Å²) in [6.07, 6.45) is 1.09. The maximum atomic E-state index is 5.85. The molecule has 1 saturated heterocycles. The minimum Gasteiger partial charge on any atom is -0.491 e. The van der Waals surface area contributed by atoms with Gasteiger partial charge >= 0.3 is 0 Å². The summed E-state index contributed by atoms with van der Waals surface area (Å²) in [4.78, 5) is 0. The Balaban J connectivity index is 1.92. The van der Waals surface area contributed by atoms with Crippen molar-refractivity contribution in [2.45, 2.75) is 13.3 Å². The van der Waals surface area contributed by atoms with E-state index in [1.165, 1.54) is 0 Å². The van der Waals surface area contributed by atoms with Crippen molar-refractivity contribution < 1.29 is 9.47 Å². The van der Waals surface area contributed by atoms with Crippen molar-refractivity contribution in [3.63, 3.8) is 0 Å². The van der Waals surface area contributed by atoms with Gasteiger partial charge in [-0.3, -0.25) is 0 Å². The first-order valence-electron chi connectivity index (χ1n) is 5.32. The Bertz CT molecular complexity index is 332. The van der Waals surface area contributed by atoms with E-state index >= 15 is 0 Å². The Morgan fingerprint density at radius 2 is 2.40 bits per heavy atom. The third-order valence-electron chi connectivity index (χ3n) is 2.66. The first kappa shape index (κ1) is 10.3. The van der Waals surface area contributed by atoms with Crippen LogP contribution < -0.4 is 10.5 Å². The minimum atomic E-state index is 0.519. The zero-order valence-corrected chi connectivity index (χ0v) is 9.03. The lowest BCUT2D eigenvalue weighted by molar-refractivity contribution is 0.167. The van der Waals surface area contributed by atoms with Crippen molar-refractivity contribution >= 4 is 5.69 Å². The van der Waals surface area contributed by atoms with E-state index in [2.05, 4.69) is 0 Å². The van der Waals surface area contributed by atoms with Gasteiger partial charge in [-0.05, 0) is 31.0 Å². The van der Waals surface area contributed by atoms with Gasteiger partial charge in [-0.25, -0.2) is 0 Å². The lowest BCUT2D eigenvalue weighted by Gasteiger charge is -2.12. The van der Waals surface area contributed by atoms with Crippen molar-refractivity contribution in [2.24, 2.45) is 5.92 Å². The van der Waals surface area contributed by atoms with Crippen LogP contribution in [0.5, 0.6) is 5.75 Å². The molecule has 0 radical (unpaired) electrons. The van der Waals surface area contributed by atoms with Gasteiger partial charge in [-0.1, -0.05) is 6.07 Å². The average molecular weight is 207 g/mol. The first-order chi connectivity index (χ1) is 7.25. The first-order valence-corrected chi connectivity index (χ1v) is 5.32. The lowest BCUT2D eigenvalue weighted by atomic mass is 10.1. The third kappa shape index (κ3) is 2.63. The molecule has 3 heteroatoms. The summed E-state index contributed by atoms with van der Waals surface area (Å²) < 4.78 is 11.0. The number of nitrogen functional groups attached to an aromatic ring is 1. The molecule has 1 heterocycles. The molecule has 0 amide bonds. The Kier molecular flexibility index (Phi) is 3.11. The van der Waals surface area contributed by atoms with Crippen LogP contribution in [0.1, 0.15) is 12.0 Å². The van der Waals surface area contributed by atoms with E-state index < -0.39 is 0 Å². The molecule has 2 N–H and O–H groups in total. The molecular weight excluding hydrogens is 190 g/mol. The molecule has 0 aliphatic carbocycles. The second kappa shape index (κ2) is 4.53. The summed E-state index contributed by atoms with van der Waals surface area (Å²) in [5, 5.41) is 0. The predicted molar refractivity (Wildman–Crippen MR) is 60.0 cm³/mol. The second-order valence-electron chi connectivity index (χ2n) is 4.08. The number of hydrogen-bond acceptors (Lipinski definition) is 3. The third-order valence-corrected chi connectivity index (χ3v) is 2.66. The van der Waals surface area contributed by atoms with Crippen molar-refractivity contribution in [1.82, 2.24) is 0 Å². The quantitative estimate of drug-likeness (QED) is 0.771. The van der Waals surface area contributed by atoms with Crippen LogP contribution in [-0.2, 0) is 4.74 Å². The standard InChI is InChI=1S/C12H17NO2/c1-9-2-3-12(11(13)6-9)15-8-10-4-5-14-7-10/h2-3,6,10H,4-5,7-8,13H2,1H3. The van der Waals surface area contributed by atoms with Crippen LogP contribution in [0.4, 0.5) is 5.69 Å². The molecule has 0 aromatic heterocycles. The lowest BCUT2D eigenvalue weighted by Crippen LogP contribution is -2.12. The summed E-state index contributed by atoms with van der Waals surface area (Å²) in [5.74, 6) is 1.30. The molecule has 1 aliphatic heterocycles. The molecule has 0 bridgehead atoms. The van der Waals surface area contributed by atoms with Crippen LogP contribution in [0, 0.1) is 12.8 Å². The molecule has 1 fully saturated rings. The highest BCUT2D eigenvalue weighted by Crippen LogP contribution is 2.23. The summed E-state index contributed by atoms with van der Waals surface area (Å²) >= 11 is 0. The predicted octanol–water partition coefficient (Wildman–Crippen LogP) is 1.99. The normalized spacial score (nSPS) is 20.5. The molecular formula is C12H17NO2. The number of hydrogen-bond donors (Lipinski definition) is 1.